The van der Waals surface area contributed by atoms with Gasteiger partial charge in [0, 0.05) is 33.6 Å². The molecule has 3 rings (SSSR count). The molecule has 2 aromatic heterocycles. The first kappa shape index (κ1) is 18.7. The topological polar surface area (TPSA) is 60.9 Å². The molecule has 0 aliphatic rings. The Morgan fingerprint density at radius 2 is 1.92 bits per heavy atom. The van der Waals surface area contributed by atoms with Crippen LogP contribution in [0.15, 0.2) is 40.0 Å². The lowest BCUT2D eigenvalue weighted by Gasteiger charge is -2.13. The van der Waals surface area contributed by atoms with Gasteiger partial charge < -0.3 is 8.98 Å². The van der Waals surface area contributed by atoms with E-state index in [0.717, 1.165) is 22.5 Å². The minimum atomic E-state index is 0.0567. The van der Waals surface area contributed by atoms with E-state index in [1.54, 1.807) is 12.1 Å². The number of halogens is 1. The minimum absolute atomic E-state index is 0.0567. The average Bonchev–Trinajstić information content (AvgIpc) is 3.18. The van der Waals surface area contributed by atoms with Gasteiger partial charge in [-0.1, -0.05) is 23.4 Å². The van der Waals surface area contributed by atoms with Gasteiger partial charge in [0.25, 0.3) is 5.22 Å². The van der Waals surface area contributed by atoms with Crippen molar-refractivity contribution < 1.29 is 9.21 Å². The number of thioether (sulfide) groups is 1. The molecule has 0 N–H and O–H groups in total. The second-order valence-electron chi connectivity index (χ2n) is 6.34. The molecule has 5 nitrogen and oxygen atoms in total. The maximum Gasteiger partial charge on any atom is 0.277 e. The maximum atomic E-state index is 12.6. The highest BCUT2D eigenvalue weighted by molar-refractivity contribution is 7.99. The minimum Gasteiger partial charge on any atom is -0.411 e. The number of hydrogen-bond acceptors (Lipinski definition) is 5. The first-order valence-corrected chi connectivity index (χ1v) is 9.67. The van der Waals surface area contributed by atoms with Crippen molar-refractivity contribution in [1.82, 2.24) is 14.8 Å². The van der Waals surface area contributed by atoms with Gasteiger partial charge in [0.05, 0.1) is 5.75 Å². The first-order valence-electron chi connectivity index (χ1n) is 8.30. The summed E-state index contributed by atoms with van der Waals surface area (Å²) in [5.74, 6) is 0.723. The molecule has 2 heterocycles. The normalized spacial score (nSPS) is 11.3. The van der Waals surface area contributed by atoms with E-state index in [2.05, 4.69) is 28.6 Å². The molecule has 136 valence electrons. The maximum absolute atomic E-state index is 12.6. The number of benzene rings is 1. The number of carbonyl (C=O) groups excluding carboxylic acids is 1. The molecular weight excluding hydrogens is 370 g/mol. The van der Waals surface area contributed by atoms with Crippen LogP contribution in [0.5, 0.6) is 0 Å². The molecule has 7 heteroatoms. The summed E-state index contributed by atoms with van der Waals surface area (Å²) in [7, 11) is 0. The molecule has 1 aromatic carbocycles. The number of carbonyl (C=O) groups is 1. The Morgan fingerprint density at radius 1 is 1.23 bits per heavy atom. The number of ketones is 1. The van der Waals surface area contributed by atoms with Crippen molar-refractivity contribution in [2.24, 2.45) is 0 Å². The molecule has 0 saturated carbocycles. The predicted molar refractivity (Wildman–Crippen MR) is 104 cm³/mol. The molecule has 0 saturated heterocycles. The Morgan fingerprint density at radius 3 is 2.54 bits per heavy atom. The van der Waals surface area contributed by atoms with Crippen LogP contribution < -0.4 is 0 Å². The van der Waals surface area contributed by atoms with Gasteiger partial charge >= 0.3 is 0 Å². The van der Waals surface area contributed by atoms with Crippen LogP contribution in [0.1, 0.15) is 41.6 Å². The summed E-state index contributed by atoms with van der Waals surface area (Å²) < 4.78 is 7.80. The largest absolute Gasteiger partial charge is 0.411 e. The first-order chi connectivity index (χ1) is 12.4. The zero-order valence-corrected chi connectivity index (χ0v) is 16.7. The number of rotatable bonds is 6. The molecule has 0 unspecified atom stereocenters. The van der Waals surface area contributed by atoms with Gasteiger partial charge in [-0.05, 0) is 58.0 Å². The third-order valence-corrected chi connectivity index (χ3v) is 5.20. The lowest BCUT2D eigenvalue weighted by Crippen LogP contribution is -2.08. The summed E-state index contributed by atoms with van der Waals surface area (Å²) >= 11 is 7.13. The molecule has 0 radical (unpaired) electrons. The number of hydrogen-bond donors (Lipinski definition) is 0. The SMILES string of the molecule is Cc1cc(C(=O)CSc2nnc(-c3ccc(Cl)cc3)o2)c(C)n1C(C)C. The van der Waals surface area contributed by atoms with Crippen molar-refractivity contribution in [2.45, 2.75) is 39.0 Å². The van der Waals surface area contributed by atoms with E-state index in [-0.39, 0.29) is 11.5 Å². The molecule has 3 aromatic rings. The van der Waals surface area contributed by atoms with Crippen LogP contribution in [0.4, 0.5) is 0 Å². The van der Waals surface area contributed by atoms with Crippen molar-refractivity contribution >= 4 is 29.1 Å². The smallest absolute Gasteiger partial charge is 0.277 e. The Hall–Kier alpha value is -2.05. The molecular formula is C19H20ClN3O2S. The van der Waals surface area contributed by atoms with Crippen LogP contribution in [-0.2, 0) is 0 Å². The average molecular weight is 390 g/mol. The summed E-state index contributed by atoms with van der Waals surface area (Å²) in [6, 6.07) is 9.43. The van der Waals surface area contributed by atoms with Gasteiger partial charge in [-0.15, -0.1) is 10.2 Å². The standard InChI is InChI=1S/C19H20ClN3O2S/c1-11(2)23-12(3)9-16(13(23)4)17(24)10-26-19-22-21-18(25-19)14-5-7-15(20)8-6-14/h5-9,11H,10H2,1-4H3. The summed E-state index contributed by atoms with van der Waals surface area (Å²) in [6.07, 6.45) is 0. The molecule has 0 aliphatic carbocycles. The van der Waals surface area contributed by atoms with Crippen LogP contribution in [-0.4, -0.2) is 26.3 Å². The highest BCUT2D eigenvalue weighted by Gasteiger charge is 2.18. The summed E-state index contributed by atoms with van der Waals surface area (Å²) in [5, 5.41) is 9.06. The van der Waals surface area contributed by atoms with E-state index in [1.165, 1.54) is 11.8 Å². The fourth-order valence-corrected chi connectivity index (χ4v) is 3.81. The van der Waals surface area contributed by atoms with Crippen molar-refractivity contribution in [1.29, 1.82) is 0 Å². The molecule has 0 amide bonds. The lowest BCUT2D eigenvalue weighted by molar-refractivity contribution is 0.102. The van der Waals surface area contributed by atoms with E-state index >= 15 is 0 Å². The fraction of sp³-hybridized carbons (Fsp3) is 0.316. The Kier molecular flexibility index (Phi) is 5.53. The van der Waals surface area contributed by atoms with Crippen LogP contribution in [0, 0.1) is 13.8 Å². The fourth-order valence-electron chi connectivity index (χ4n) is 3.04. The number of Topliss-reactive ketones (excluding diaryl/α,β-unsaturated/α-hetero) is 1. The van der Waals surface area contributed by atoms with Crippen LogP contribution in [0.25, 0.3) is 11.5 Å². The third kappa shape index (κ3) is 3.86. The highest BCUT2D eigenvalue weighted by atomic mass is 35.5. The highest BCUT2D eigenvalue weighted by Crippen LogP contribution is 2.26. The molecule has 0 fully saturated rings. The van der Waals surface area contributed by atoms with Crippen molar-refractivity contribution in [3.63, 3.8) is 0 Å². The molecule has 0 spiro atoms. The van der Waals surface area contributed by atoms with Gasteiger partial charge in [0.2, 0.25) is 5.89 Å². The molecule has 0 bridgehead atoms. The number of aryl methyl sites for hydroxylation is 1. The van der Waals surface area contributed by atoms with Crippen LogP contribution >= 0.6 is 23.4 Å². The number of nitrogens with zero attached hydrogens (tertiary/aromatic N) is 3. The summed E-state index contributed by atoms with van der Waals surface area (Å²) in [6.45, 7) is 8.23. The second kappa shape index (κ2) is 7.68. The lowest BCUT2D eigenvalue weighted by atomic mass is 10.2. The zero-order valence-electron chi connectivity index (χ0n) is 15.1. The summed E-state index contributed by atoms with van der Waals surface area (Å²) in [5.41, 5.74) is 3.63. The van der Waals surface area contributed by atoms with Crippen LogP contribution in [0.2, 0.25) is 5.02 Å². The third-order valence-electron chi connectivity index (χ3n) is 4.13. The van der Waals surface area contributed by atoms with E-state index in [9.17, 15) is 4.79 Å². The number of aromatic nitrogens is 3. The van der Waals surface area contributed by atoms with E-state index in [0.29, 0.717) is 22.2 Å². The van der Waals surface area contributed by atoms with Gasteiger partial charge in [-0.25, -0.2) is 0 Å². The Labute approximate surface area is 161 Å². The second-order valence-corrected chi connectivity index (χ2v) is 7.70. The van der Waals surface area contributed by atoms with Crippen LogP contribution in [0.3, 0.4) is 0 Å². The van der Waals surface area contributed by atoms with E-state index in [4.69, 9.17) is 16.0 Å². The van der Waals surface area contributed by atoms with E-state index < -0.39 is 0 Å². The molecule has 0 atom stereocenters. The predicted octanol–water partition coefficient (Wildman–Crippen LogP) is 5.36. The van der Waals surface area contributed by atoms with Gasteiger partial charge in [0.1, 0.15) is 0 Å². The Bertz CT molecular complexity index is 929. The molecule has 26 heavy (non-hydrogen) atoms. The summed E-state index contributed by atoms with van der Waals surface area (Å²) in [4.78, 5) is 12.6. The van der Waals surface area contributed by atoms with Gasteiger partial charge in [-0.3, -0.25) is 4.79 Å². The zero-order chi connectivity index (χ0) is 18.8. The van der Waals surface area contributed by atoms with Gasteiger partial charge in [0.15, 0.2) is 5.78 Å². The van der Waals surface area contributed by atoms with Crippen molar-refractivity contribution in [3.8, 4) is 11.5 Å². The quantitative estimate of drug-likeness (QED) is 0.419. The Balaban J connectivity index is 1.69. The van der Waals surface area contributed by atoms with Gasteiger partial charge in [-0.2, -0.15) is 0 Å². The van der Waals surface area contributed by atoms with E-state index in [1.807, 2.05) is 32.0 Å². The molecule has 0 aliphatic heterocycles. The van der Waals surface area contributed by atoms with Crippen molar-refractivity contribution in [3.05, 3.63) is 52.3 Å². The monoisotopic (exact) mass is 389 g/mol. The van der Waals surface area contributed by atoms with Crippen molar-refractivity contribution in [2.75, 3.05) is 5.75 Å².